The van der Waals surface area contributed by atoms with Gasteiger partial charge in [0.05, 0.1) is 6.61 Å². The highest BCUT2D eigenvalue weighted by Gasteiger charge is 2.21. The smallest absolute Gasteiger partial charge is 0.0584 e. The molecule has 0 unspecified atom stereocenters. The molecule has 0 aliphatic carbocycles. The van der Waals surface area contributed by atoms with Crippen LogP contribution < -0.4 is 10.2 Å². The Morgan fingerprint density at radius 1 is 1.32 bits per heavy atom. The van der Waals surface area contributed by atoms with Crippen molar-refractivity contribution in [1.29, 1.82) is 0 Å². The number of nitrogens with one attached hydrogen (secondary N) is 1. The minimum Gasteiger partial charge on any atom is -0.395 e. The molecule has 1 aliphatic rings. The topological polar surface area (TPSA) is 35.5 Å². The fraction of sp³-hybridized carbons (Fsp3) is 0.600. The van der Waals surface area contributed by atoms with E-state index in [1.807, 2.05) is 12.1 Å². The monoisotopic (exact) mass is 282 g/mol. The van der Waals surface area contributed by atoms with Crippen molar-refractivity contribution in [2.24, 2.45) is 0 Å². The lowest BCUT2D eigenvalue weighted by Crippen LogP contribution is -2.47. The van der Waals surface area contributed by atoms with Crippen LogP contribution in [0, 0.1) is 0 Å². The third-order valence-corrected chi connectivity index (χ3v) is 4.12. The van der Waals surface area contributed by atoms with Gasteiger partial charge in [-0.2, -0.15) is 0 Å². The molecule has 2 N–H and O–H groups in total. The van der Waals surface area contributed by atoms with E-state index in [0.29, 0.717) is 6.04 Å². The van der Waals surface area contributed by atoms with Gasteiger partial charge in [0.15, 0.2) is 0 Å². The van der Waals surface area contributed by atoms with Gasteiger partial charge in [0.25, 0.3) is 0 Å². The summed E-state index contributed by atoms with van der Waals surface area (Å²) in [6.45, 7) is 4.45. The second kappa shape index (κ2) is 7.13. The summed E-state index contributed by atoms with van der Waals surface area (Å²) in [5.41, 5.74) is 1.25. The first kappa shape index (κ1) is 14.6. The van der Waals surface area contributed by atoms with Gasteiger partial charge in [0.1, 0.15) is 0 Å². The van der Waals surface area contributed by atoms with Gasteiger partial charge in [-0.15, -0.1) is 0 Å². The molecule has 4 heteroatoms. The van der Waals surface area contributed by atoms with Crippen molar-refractivity contribution in [3.63, 3.8) is 0 Å². The summed E-state index contributed by atoms with van der Waals surface area (Å²) in [7, 11) is 0. The Labute approximate surface area is 120 Å². The molecule has 19 heavy (non-hydrogen) atoms. The highest BCUT2D eigenvalue weighted by Crippen LogP contribution is 2.22. The molecule has 1 aromatic carbocycles. The highest BCUT2D eigenvalue weighted by molar-refractivity contribution is 6.30. The van der Waals surface area contributed by atoms with E-state index in [-0.39, 0.29) is 12.6 Å². The van der Waals surface area contributed by atoms with Crippen molar-refractivity contribution < 1.29 is 5.11 Å². The molecule has 1 heterocycles. The summed E-state index contributed by atoms with van der Waals surface area (Å²) in [5.74, 6) is 0. The normalized spacial score (nSPS) is 18.6. The van der Waals surface area contributed by atoms with Crippen LogP contribution >= 0.6 is 11.6 Å². The van der Waals surface area contributed by atoms with Crippen molar-refractivity contribution >= 4 is 17.3 Å². The van der Waals surface area contributed by atoms with Crippen molar-refractivity contribution in [2.45, 2.75) is 38.3 Å². The maximum absolute atomic E-state index is 9.23. The van der Waals surface area contributed by atoms with Crippen molar-refractivity contribution in [3.8, 4) is 0 Å². The van der Waals surface area contributed by atoms with Gasteiger partial charge >= 0.3 is 0 Å². The van der Waals surface area contributed by atoms with Gasteiger partial charge < -0.3 is 15.3 Å². The maximum atomic E-state index is 9.23. The zero-order chi connectivity index (χ0) is 13.7. The zero-order valence-electron chi connectivity index (χ0n) is 11.5. The molecule has 1 aromatic rings. The number of rotatable bonds is 5. The molecule has 0 amide bonds. The number of hydrogen-bond donors (Lipinski definition) is 2. The quantitative estimate of drug-likeness (QED) is 0.872. The number of nitrogens with zero attached hydrogens (tertiary/aromatic N) is 1. The Bertz CT molecular complexity index is 370. The van der Waals surface area contributed by atoms with Gasteiger partial charge in [-0.05, 0) is 43.5 Å². The third kappa shape index (κ3) is 4.10. The first-order valence-corrected chi connectivity index (χ1v) is 7.48. The van der Waals surface area contributed by atoms with Crippen LogP contribution in [0.15, 0.2) is 24.3 Å². The summed E-state index contributed by atoms with van der Waals surface area (Å²) < 4.78 is 0. The van der Waals surface area contributed by atoms with E-state index in [9.17, 15) is 5.11 Å². The van der Waals surface area contributed by atoms with Crippen LogP contribution in [0.1, 0.15) is 26.2 Å². The molecular weight excluding hydrogens is 260 g/mol. The van der Waals surface area contributed by atoms with E-state index in [0.717, 1.165) is 37.4 Å². The molecule has 106 valence electrons. The minimum atomic E-state index is 0.230. The Balaban J connectivity index is 1.83. The average Bonchev–Trinajstić information content (AvgIpc) is 2.46. The van der Waals surface area contributed by atoms with Crippen LogP contribution in [-0.2, 0) is 0 Å². The molecule has 1 fully saturated rings. The molecule has 1 atom stereocenters. The third-order valence-electron chi connectivity index (χ3n) is 3.87. The van der Waals surface area contributed by atoms with Gasteiger partial charge in [0.2, 0.25) is 0 Å². The number of hydrogen-bond acceptors (Lipinski definition) is 3. The Morgan fingerprint density at radius 3 is 2.47 bits per heavy atom. The van der Waals surface area contributed by atoms with E-state index >= 15 is 0 Å². The molecule has 0 spiro atoms. The molecular formula is C15H23ClN2O. The predicted molar refractivity (Wildman–Crippen MR) is 81.0 cm³/mol. The lowest BCUT2D eigenvalue weighted by Gasteiger charge is -2.35. The lowest BCUT2D eigenvalue weighted by molar-refractivity contribution is 0.220. The van der Waals surface area contributed by atoms with Gasteiger partial charge in [-0.3, -0.25) is 0 Å². The number of benzene rings is 1. The van der Waals surface area contributed by atoms with E-state index < -0.39 is 0 Å². The molecule has 2 rings (SSSR count). The predicted octanol–water partition coefficient (Wildman–Crippen LogP) is 2.67. The number of anilines is 1. The highest BCUT2D eigenvalue weighted by atomic mass is 35.5. The van der Waals surface area contributed by atoms with Crippen LogP contribution in [0.25, 0.3) is 0 Å². The number of aliphatic hydroxyl groups is 1. The van der Waals surface area contributed by atoms with Crippen LogP contribution in [0.4, 0.5) is 5.69 Å². The van der Waals surface area contributed by atoms with Gasteiger partial charge in [0, 0.05) is 35.9 Å². The fourth-order valence-electron chi connectivity index (χ4n) is 2.59. The number of piperidine rings is 1. The Morgan fingerprint density at radius 2 is 1.95 bits per heavy atom. The number of halogens is 1. The van der Waals surface area contributed by atoms with E-state index in [4.69, 9.17) is 11.6 Å². The summed E-state index contributed by atoms with van der Waals surface area (Å²) in [5, 5.41) is 13.6. The standard InChI is InChI=1S/C15H23ClN2O/c1-2-13(11-19)17-14-7-9-18(10-8-14)15-5-3-12(16)4-6-15/h3-6,13-14,17,19H,2,7-11H2,1H3/t13-/m1/s1. The average molecular weight is 283 g/mol. The Kier molecular flexibility index (Phi) is 5.49. The van der Waals surface area contributed by atoms with E-state index in [2.05, 4.69) is 29.3 Å². The maximum Gasteiger partial charge on any atom is 0.0584 e. The molecule has 1 saturated heterocycles. The minimum absolute atomic E-state index is 0.230. The number of aliphatic hydroxyl groups excluding tert-OH is 1. The van der Waals surface area contributed by atoms with Crippen molar-refractivity contribution in [2.75, 3.05) is 24.6 Å². The largest absolute Gasteiger partial charge is 0.395 e. The summed E-state index contributed by atoms with van der Waals surface area (Å²) in [6.07, 6.45) is 3.23. The van der Waals surface area contributed by atoms with Crippen LogP contribution in [0.2, 0.25) is 5.02 Å². The van der Waals surface area contributed by atoms with E-state index in [1.165, 1.54) is 5.69 Å². The molecule has 1 aliphatic heterocycles. The molecule has 0 radical (unpaired) electrons. The summed E-state index contributed by atoms with van der Waals surface area (Å²) in [4.78, 5) is 2.40. The molecule has 0 aromatic heterocycles. The second-order valence-electron chi connectivity index (χ2n) is 5.19. The van der Waals surface area contributed by atoms with Crippen LogP contribution in [0.5, 0.6) is 0 Å². The molecule has 3 nitrogen and oxygen atoms in total. The molecule has 0 saturated carbocycles. The second-order valence-corrected chi connectivity index (χ2v) is 5.63. The summed E-state index contributed by atoms with van der Waals surface area (Å²) in [6, 6.07) is 8.82. The van der Waals surface area contributed by atoms with Gasteiger partial charge in [-0.25, -0.2) is 0 Å². The zero-order valence-corrected chi connectivity index (χ0v) is 12.2. The first-order chi connectivity index (χ1) is 9.22. The molecule has 0 bridgehead atoms. The first-order valence-electron chi connectivity index (χ1n) is 7.10. The Hall–Kier alpha value is -0.770. The fourth-order valence-corrected chi connectivity index (χ4v) is 2.72. The van der Waals surface area contributed by atoms with Crippen LogP contribution in [0.3, 0.4) is 0 Å². The van der Waals surface area contributed by atoms with Crippen molar-refractivity contribution in [3.05, 3.63) is 29.3 Å². The lowest BCUT2D eigenvalue weighted by atomic mass is 10.0. The SMILES string of the molecule is CC[C@H](CO)NC1CCN(c2ccc(Cl)cc2)CC1. The van der Waals surface area contributed by atoms with E-state index in [1.54, 1.807) is 0 Å². The van der Waals surface area contributed by atoms with Crippen LogP contribution in [-0.4, -0.2) is 36.9 Å². The van der Waals surface area contributed by atoms with Gasteiger partial charge in [-0.1, -0.05) is 18.5 Å². The summed E-state index contributed by atoms with van der Waals surface area (Å²) >= 11 is 5.91. The van der Waals surface area contributed by atoms with Crippen molar-refractivity contribution in [1.82, 2.24) is 5.32 Å².